The van der Waals surface area contributed by atoms with Gasteiger partial charge in [0, 0.05) is 24.0 Å². The number of hydrogen-bond acceptors (Lipinski definition) is 6. The largest absolute Gasteiger partial charge is 0.506 e. The lowest BCUT2D eigenvalue weighted by Gasteiger charge is -2.25. The fourth-order valence-corrected chi connectivity index (χ4v) is 3.71. The number of benzene rings is 1. The Morgan fingerprint density at radius 3 is 2.61 bits per heavy atom. The molecule has 1 aliphatic heterocycles. The molecular weight excluding hydrogens is 360 g/mol. The highest BCUT2D eigenvalue weighted by molar-refractivity contribution is 6.09. The molecule has 0 amide bonds. The van der Waals surface area contributed by atoms with Crippen molar-refractivity contribution in [3.05, 3.63) is 33.2 Å². The predicted molar refractivity (Wildman–Crippen MR) is 106 cm³/mol. The molecule has 2 aromatic rings. The van der Waals surface area contributed by atoms with Crippen LogP contribution in [0.15, 0.2) is 15.3 Å². The molecule has 0 fully saturated rings. The highest BCUT2D eigenvalue weighted by atomic mass is 16.5. The zero-order chi connectivity index (χ0) is 20.8. The Bertz CT molecular complexity index is 979. The van der Waals surface area contributed by atoms with Gasteiger partial charge in [0.2, 0.25) is 0 Å². The minimum absolute atomic E-state index is 0.120. The lowest BCUT2D eigenvalue weighted by Crippen LogP contribution is -2.39. The molecular formula is C22H28O6. The lowest BCUT2D eigenvalue weighted by molar-refractivity contribution is -0.0232. The second-order valence-electron chi connectivity index (χ2n) is 8.21. The van der Waals surface area contributed by atoms with Crippen molar-refractivity contribution < 1.29 is 24.2 Å². The van der Waals surface area contributed by atoms with Gasteiger partial charge in [-0.1, -0.05) is 27.2 Å². The predicted octanol–water partition coefficient (Wildman–Crippen LogP) is 3.75. The van der Waals surface area contributed by atoms with Crippen LogP contribution in [0.2, 0.25) is 0 Å². The molecule has 6 nitrogen and oxygen atoms in total. The molecule has 2 unspecified atom stereocenters. The van der Waals surface area contributed by atoms with E-state index < -0.39 is 17.3 Å². The van der Waals surface area contributed by atoms with Gasteiger partial charge < -0.3 is 19.4 Å². The number of rotatable bonds is 6. The molecule has 1 aromatic carbocycles. The average Bonchev–Trinajstić information content (AvgIpc) is 3.06. The third kappa shape index (κ3) is 3.30. The number of ether oxygens (including phenoxy) is 1. The number of ketones is 1. The van der Waals surface area contributed by atoms with E-state index in [-0.39, 0.29) is 40.8 Å². The Morgan fingerprint density at radius 2 is 2.04 bits per heavy atom. The van der Waals surface area contributed by atoms with Crippen LogP contribution in [0, 0.1) is 5.92 Å². The van der Waals surface area contributed by atoms with E-state index in [1.165, 1.54) is 6.07 Å². The lowest BCUT2D eigenvalue weighted by atomic mass is 9.89. The Morgan fingerprint density at radius 1 is 1.36 bits per heavy atom. The number of carbonyl (C=O) groups excluding carboxylic acids is 1. The maximum atomic E-state index is 13.1. The Hall–Kier alpha value is -2.34. The number of aryl methyl sites for hydroxylation is 1. The third-order valence-electron chi connectivity index (χ3n) is 5.56. The van der Waals surface area contributed by atoms with Crippen molar-refractivity contribution in [1.29, 1.82) is 0 Å². The fraction of sp³-hybridized carbons (Fsp3) is 0.545. The standard InChI is InChI=1S/C22H28O6/c1-6-8-12-9-15(23)28-20-13-10-14(22(4,5)26)27-21(13)17(19(25)16(12)20)18(24)11(3)7-2/h9,11,14,25-26H,6-8,10H2,1-5H3. The average molecular weight is 388 g/mol. The molecule has 0 radical (unpaired) electrons. The van der Waals surface area contributed by atoms with Gasteiger partial charge in [-0.25, -0.2) is 4.79 Å². The van der Waals surface area contributed by atoms with Crippen LogP contribution in [0.5, 0.6) is 11.5 Å². The second kappa shape index (κ2) is 7.24. The van der Waals surface area contributed by atoms with Crippen LogP contribution in [0.3, 0.4) is 0 Å². The van der Waals surface area contributed by atoms with Crippen LogP contribution in [0.1, 0.15) is 68.9 Å². The third-order valence-corrected chi connectivity index (χ3v) is 5.56. The summed E-state index contributed by atoms with van der Waals surface area (Å²) in [5.74, 6) is -0.507. The molecule has 2 heterocycles. The molecule has 2 N–H and O–H groups in total. The number of aromatic hydroxyl groups is 1. The first-order chi connectivity index (χ1) is 13.1. The number of aliphatic hydroxyl groups is 1. The van der Waals surface area contributed by atoms with E-state index in [2.05, 4.69) is 0 Å². The van der Waals surface area contributed by atoms with E-state index in [1.54, 1.807) is 20.8 Å². The number of phenolic OH excluding ortho intramolecular Hbond substituents is 1. The first-order valence-electron chi connectivity index (χ1n) is 9.87. The zero-order valence-electron chi connectivity index (χ0n) is 17.1. The molecule has 0 aliphatic carbocycles. The molecule has 0 bridgehead atoms. The van der Waals surface area contributed by atoms with Gasteiger partial charge in [0.05, 0.1) is 11.0 Å². The summed E-state index contributed by atoms with van der Waals surface area (Å²) in [6.07, 6.45) is 1.63. The Balaban J connectivity index is 2.39. The number of hydrogen-bond donors (Lipinski definition) is 2. The molecule has 6 heteroatoms. The van der Waals surface area contributed by atoms with Crippen LogP contribution < -0.4 is 10.4 Å². The van der Waals surface area contributed by atoms with Crippen LogP contribution >= 0.6 is 0 Å². The van der Waals surface area contributed by atoms with E-state index in [9.17, 15) is 19.8 Å². The molecule has 28 heavy (non-hydrogen) atoms. The summed E-state index contributed by atoms with van der Waals surface area (Å²) >= 11 is 0. The van der Waals surface area contributed by atoms with Crippen molar-refractivity contribution in [2.24, 2.45) is 5.92 Å². The fourth-order valence-electron chi connectivity index (χ4n) is 3.71. The topological polar surface area (TPSA) is 97.0 Å². The van der Waals surface area contributed by atoms with Gasteiger partial charge in [-0.3, -0.25) is 4.79 Å². The summed E-state index contributed by atoms with van der Waals surface area (Å²) in [5.41, 5.74) is -0.101. The quantitative estimate of drug-likeness (QED) is 0.578. The van der Waals surface area contributed by atoms with Crippen LogP contribution in [-0.4, -0.2) is 27.7 Å². The van der Waals surface area contributed by atoms with Gasteiger partial charge in [-0.15, -0.1) is 0 Å². The molecule has 152 valence electrons. The van der Waals surface area contributed by atoms with Crippen molar-refractivity contribution in [3.8, 4) is 11.5 Å². The molecule has 1 aromatic heterocycles. The molecule has 1 aliphatic rings. The summed E-state index contributed by atoms with van der Waals surface area (Å²) < 4.78 is 11.4. The summed E-state index contributed by atoms with van der Waals surface area (Å²) in [5, 5.41) is 21.9. The minimum Gasteiger partial charge on any atom is -0.506 e. The van der Waals surface area contributed by atoms with E-state index in [0.29, 0.717) is 29.4 Å². The summed E-state index contributed by atoms with van der Waals surface area (Å²) in [6, 6.07) is 1.37. The van der Waals surface area contributed by atoms with Gasteiger partial charge in [-0.05, 0) is 32.3 Å². The van der Waals surface area contributed by atoms with Crippen LogP contribution in [0.4, 0.5) is 0 Å². The highest BCUT2D eigenvalue weighted by Gasteiger charge is 2.41. The number of fused-ring (bicyclic) bond motifs is 3. The summed E-state index contributed by atoms with van der Waals surface area (Å²) in [6.45, 7) is 8.94. The number of Topliss-reactive ketones (excluding diaryl/α,β-unsaturated/α-hetero) is 1. The monoisotopic (exact) mass is 388 g/mol. The Kier molecular flexibility index (Phi) is 5.28. The van der Waals surface area contributed by atoms with Crippen molar-refractivity contribution in [3.63, 3.8) is 0 Å². The molecule has 0 spiro atoms. The van der Waals surface area contributed by atoms with E-state index >= 15 is 0 Å². The highest BCUT2D eigenvalue weighted by Crippen LogP contribution is 2.47. The minimum atomic E-state index is -1.17. The summed E-state index contributed by atoms with van der Waals surface area (Å²) in [7, 11) is 0. The molecule has 3 rings (SSSR count). The van der Waals surface area contributed by atoms with E-state index in [1.807, 2.05) is 13.8 Å². The smallest absolute Gasteiger partial charge is 0.336 e. The maximum absolute atomic E-state index is 13.1. The van der Waals surface area contributed by atoms with Crippen molar-refractivity contribution in [2.75, 3.05) is 0 Å². The summed E-state index contributed by atoms with van der Waals surface area (Å²) in [4.78, 5) is 25.2. The first-order valence-corrected chi connectivity index (χ1v) is 9.87. The first kappa shape index (κ1) is 20.4. The molecule has 0 saturated heterocycles. The van der Waals surface area contributed by atoms with Gasteiger partial charge in [0.25, 0.3) is 0 Å². The maximum Gasteiger partial charge on any atom is 0.336 e. The van der Waals surface area contributed by atoms with Gasteiger partial charge in [0.15, 0.2) is 5.78 Å². The molecule has 2 atom stereocenters. The van der Waals surface area contributed by atoms with Gasteiger partial charge >= 0.3 is 5.63 Å². The SMILES string of the molecule is CCCc1cc(=O)oc2c3c(c(C(=O)C(C)CC)c(O)c12)OC(C(C)(C)O)C3. The Labute approximate surface area is 164 Å². The second-order valence-corrected chi connectivity index (χ2v) is 8.21. The van der Waals surface area contributed by atoms with Gasteiger partial charge in [-0.2, -0.15) is 0 Å². The van der Waals surface area contributed by atoms with Crippen molar-refractivity contribution >= 4 is 16.8 Å². The van der Waals surface area contributed by atoms with Crippen LogP contribution in [-0.2, 0) is 12.8 Å². The molecule has 0 saturated carbocycles. The number of carbonyl (C=O) groups is 1. The van der Waals surface area contributed by atoms with Crippen molar-refractivity contribution in [1.82, 2.24) is 0 Å². The zero-order valence-corrected chi connectivity index (χ0v) is 17.1. The van der Waals surface area contributed by atoms with Gasteiger partial charge in [0.1, 0.15) is 28.7 Å². The number of phenols is 1. The van der Waals surface area contributed by atoms with E-state index in [4.69, 9.17) is 9.15 Å². The van der Waals surface area contributed by atoms with E-state index in [0.717, 1.165) is 6.42 Å². The van der Waals surface area contributed by atoms with Crippen molar-refractivity contribution in [2.45, 2.75) is 72.0 Å². The van der Waals surface area contributed by atoms with Crippen LogP contribution in [0.25, 0.3) is 11.0 Å². The normalized spacial score (nSPS) is 17.4.